The first kappa shape index (κ1) is 19.7. The highest BCUT2D eigenvalue weighted by atomic mass is 79.9. The SMILES string of the molecule is CC(C)(C)CC(=O)N1CCC2(CC1)SCCN2C(=O)c1cccc(Br)c1. The van der Waals surface area contributed by atoms with Gasteiger partial charge in [0.1, 0.15) is 0 Å². The van der Waals surface area contributed by atoms with Crippen LogP contribution in [0.15, 0.2) is 28.7 Å². The molecule has 0 bridgehead atoms. The van der Waals surface area contributed by atoms with Gasteiger partial charge in [0.15, 0.2) is 0 Å². The highest BCUT2D eigenvalue weighted by Crippen LogP contribution is 2.44. The number of benzene rings is 1. The molecule has 2 aliphatic rings. The third kappa shape index (κ3) is 4.28. The normalized spacial score (nSPS) is 19.8. The maximum absolute atomic E-state index is 13.1. The second-order valence-electron chi connectivity index (χ2n) is 8.38. The molecule has 2 fully saturated rings. The van der Waals surface area contributed by atoms with Crippen molar-refractivity contribution in [2.24, 2.45) is 5.41 Å². The first-order valence-electron chi connectivity index (χ1n) is 9.20. The summed E-state index contributed by atoms with van der Waals surface area (Å²) in [6, 6.07) is 7.61. The van der Waals surface area contributed by atoms with Crippen LogP contribution in [-0.4, -0.2) is 51.9 Å². The molecule has 2 saturated heterocycles. The average molecular weight is 439 g/mol. The Bertz CT molecular complexity index is 693. The standard InChI is InChI=1S/C20H27BrN2O2S/c1-19(2,3)14-17(24)22-9-7-20(8-10-22)23(11-12-26-20)18(25)15-5-4-6-16(21)13-15/h4-6,13H,7-12,14H2,1-3H3. The van der Waals surface area contributed by atoms with E-state index in [1.54, 1.807) is 0 Å². The summed E-state index contributed by atoms with van der Waals surface area (Å²) in [7, 11) is 0. The van der Waals surface area contributed by atoms with E-state index in [4.69, 9.17) is 0 Å². The van der Waals surface area contributed by atoms with Crippen LogP contribution in [0.3, 0.4) is 0 Å². The van der Waals surface area contributed by atoms with Gasteiger partial charge in [0.2, 0.25) is 5.91 Å². The van der Waals surface area contributed by atoms with Gasteiger partial charge in [-0.1, -0.05) is 42.8 Å². The topological polar surface area (TPSA) is 40.6 Å². The fraction of sp³-hybridized carbons (Fsp3) is 0.600. The van der Waals surface area contributed by atoms with E-state index in [1.165, 1.54) is 0 Å². The van der Waals surface area contributed by atoms with Gasteiger partial charge < -0.3 is 9.80 Å². The van der Waals surface area contributed by atoms with Crippen LogP contribution < -0.4 is 0 Å². The molecule has 0 aliphatic carbocycles. The molecule has 1 aromatic carbocycles. The second-order valence-corrected chi connectivity index (χ2v) is 10.8. The number of piperidine rings is 1. The fourth-order valence-corrected chi connectivity index (χ4v) is 5.61. The molecule has 2 aliphatic heterocycles. The van der Waals surface area contributed by atoms with Crippen molar-refractivity contribution >= 4 is 39.5 Å². The Morgan fingerprint density at radius 2 is 1.88 bits per heavy atom. The van der Waals surface area contributed by atoms with Crippen LogP contribution in [0.1, 0.15) is 50.4 Å². The average Bonchev–Trinajstić information content (AvgIpc) is 2.96. The van der Waals surface area contributed by atoms with Gasteiger partial charge in [0.25, 0.3) is 5.91 Å². The third-order valence-corrected chi connectivity index (χ3v) is 7.12. The summed E-state index contributed by atoms with van der Waals surface area (Å²) in [5.41, 5.74) is 0.740. The van der Waals surface area contributed by atoms with Crippen LogP contribution in [0.25, 0.3) is 0 Å². The summed E-state index contributed by atoms with van der Waals surface area (Å²) < 4.78 is 0.923. The molecule has 26 heavy (non-hydrogen) atoms. The molecule has 0 radical (unpaired) electrons. The molecular weight excluding hydrogens is 412 g/mol. The lowest BCUT2D eigenvalue weighted by Gasteiger charge is -2.44. The van der Waals surface area contributed by atoms with Gasteiger partial charge in [-0.15, -0.1) is 11.8 Å². The predicted molar refractivity (Wildman–Crippen MR) is 110 cm³/mol. The Morgan fingerprint density at radius 3 is 2.50 bits per heavy atom. The largest absolute Gasteiger partial charge is 0.342 e. The lowest BCUT2D eigenvalue weighted by atomic mass is 9.91. The number of rotatable bonds is 2. The number of likely N-dealkylation sites (tertiary alicyclic amines) is 1. The Morgan fingerprint density at radius 1 is 1.19 bits per heavy atom. The van der Waals surface area contributed by atoms with E-state index in [2.05, 4.69) is 36.7 Å². The minimum Gasteiger partial charge on any atom is -0.342 e. The number of amides is 2. The molecule has 0 saturated carbocycles. The van der Waals surface area contributed by atoms with Crippen molar-refractivity contribution in [3.05, 3.63) is 34.3 Å². The van der Waals surface area contributed by atoms with Crippen LogP contribution in [-0.2, 0) is 4.79 Å². The summed E-state index contributed by atoms with van der Waals surface area (Å²) >= 11 is 5.34. The molecule has 142 valence electrons. The molecule has 0 aromatic heterocycles. The van der Waals surface area contributed by atoms with E-state index in [1.807, 2.05) is 45.8 Å². The van der Waals surface area contributed by atoms with Crippen molar-refractivity contribution in [2.75, 3.05) is 25.4 Å². The first-order chi connectivity index (χ1) is 12.2. The zero-order valence-electron chi connectivity index (χ0n) is 15.8. The number of hydrogen-bond acceptors (Lipinski definition) is 3. The van der Waals surface area contributed by atoms with Crippen molar-refractivity contribution in [1.82, 2.24) is 9.80 Å². The quantitative estimate of drug-likeness (QED) is 0.686. The summed E-state index contributed by atoms with van der Waals surface area (Å²) in [6.45, 7) is 8.56. The molecule has 1 aromatic rings. The third-order valence-electron chi connectivity index (χ3n) is 5.07. The van der Waals surface area contributed by atoms with E-state index in [-0.39, 0.29) is 22.1 Å². The predicted octanol–water partition coefficient (Wildman–Crippen LogP) is 4.39. The molecule has 1 spiro atoms. The van der Waals surface area contributed by atoms with Gasteiger partial charge in [0, 0.05) is 41.8 Å². The van der Waals surface area contributed by atoms with E-state index in [0.29, 0.717) is 6.42 Å². The van der Waals surface area contributed by atoms with Crippen molar-refractivity contribution in [3.8, 4) is 0 Å². The number of halogens is 1. The minimum absolute atomic E-state index is 0.0109. The highest BCUT2D eigenvalue weighted by Gasteiger charge is 2.47. The lowest BCUT2D eigenvalue weighted by molar-refractivity contribution is -0.134. The van der Waals surface area contributed by atoms with Crippen LogP contribution in [0.4, 0.5) is 0 Å². The second kappa shape index (κ2) is 7.55. The van der Waals surface area contributed by atoms with Crippen LogP contribution >= 0.6 is 27.7 Å². The van der Waals surface area contributed by atoms with Crippen molar-refractivity contribution in [3.63, 3.8) is 0 Å². The van der Waals surface area contributed by atoms with Crippen molar-refractivity contribution < 1.29 is 9.59 Å². The number of thioether (sulfide) groups is 1. The Kier molecular flexibility index (Phi) is 5.73. The van der Waals surface area contributed by atoms with Gasteiger partial charge in [-0.05, 0) is 36.5 Å². The van der Waals surface area contributed by atoms with Crippen molar-refractivity contribution in [2.45, 2.75) is 44.9 Å². The molecule has 2 amide bonds. The molecule has 4 nitrogen and oxygen atoms in total. The number of hydrogen-bond donors (Lipinski definition) is 0. The van der Waals surface area contributed by atoms with Gasteiger partial charge >= 0.3 is 0 Å². The molecule has 2 heterocycles. The lowest BCUT2D eigenvalue weighted by Crippen LogP contribution is -2.53. The molecule has 0 atom stereocenters. The summed E-state index contributed by atoms with van der Waals surface area (Å²) in [5.74, 6) is 1.31. The number of carbonyl (C=O) groups excluding carboxylic acids is 2. The zero-order chi connectivity index (χ0) is 18.9. The van der Waals surface area contributed by atoms with Crippen LogP contribution in [0.5, 0.6) is 0 Å². The Hall–Kier alpha value is -1.01. The van der Waals surface area contributed by atoms with E-state index < -0.39 is 0 Å². The van der Waals surface area contributed by atoms with Crippen LogP contribution in [0.2, 0.25) is 0 Å². The number of nitrogens with zero attached hydrogens (tertiary/aromatic N) is 2. The first-order valence-corrected chi connectivity index (χ1v) is 11.0. The Balaban J connectivity index is 1.69. The van der Waals surface area contributed by atoms with Crippen LogP contribution in [0, 0.1) is 5.41 Å². The Labute approximate surface area is 168 Å². The molecule has 0 N–H and O–H groups in total. The molecule has 3 rings (SSSR count). The van der Waals surface area contributed by atoms with Gasteiger partial charge in [-0.25, -0.2) is 0 Å². The highest BCUT2D eigenvalue weighted by molar-refractivity contribution is 9.10. The summed E-state index contributed by atoms with van der Waals surface area (Å²) in [4.78, 5) is 29.5. The minimum atomic E-state index is -0.155. The molecule has 0 unspecified atom stereocenters. The number of carbonyl (C=O) groups is 2. The van der Waals surface area contributed by atoms with Gasteiger partial charge in [-0.2, -0.15) is 0 Å². The maximum Gasteiger partial charge on any atom is 0.255 e. The van der Waals surface area contributed by atoms with Gasteiger partial charge in [-0.3, -0.25) is 9.59 Å². The summed E-state index contributed by atoms with van der Waals surface area (Å²) in [6.07, 6.45) is 2.29. The maximum atomic E-state index is 13.1. The smallest absolute Gasteiger partial charge is 0.255 e. The van der Waals surface area contributed by atoms with Gasteiger partial charge in [0.05, 0.1) is 4.87 Å². The van der Waals surface area contributed by atoms with E-state index >= 15 is 0 Å². The van der Waals surface area contributed by atoms with Crippen molar-refractivity contribution in [1.29, 1.82) is 0 Å². The zero-order valence-corrected chi connectivity index (χ0v) is 18.2. The van der Waals surface area contributed by atoms with E-state index in [0.717, 1.165) is 48.3 Å². The molecular formula is C20H27BrN2O2S. The fourth-order valence-electron chi connectivity index (χ4n) is 3.76. The summed E-state index contributed by atoms with van der Waals surface area (Å²) in [5, 5.41) is 0. The molecule has 6 heteroatoms. The van der Waals surface area contributed by atoms with E-state index in [9.17, 15) is 9.59 Å². The monoisotopic (exact) mass is 438 g/mol.